The van der Waals surface area contributed by atoms with Crippen LogP contribution in [0.15, 0.2) is 42.0 Å². The molecule has 25 heavy (non-hydrogen) atoms. The number of nitrogens with zero attached hydrogens (tertiary/aromatic N) is 3. The molecule has 0 unspecified atom stereocenters. The van der Waals surface area contributed by atoms with Gasteiger partial charge in [-0.3, -0.25) is 0 Å². The molecular weight excluding hydrogens is 328 g/mol. The van der Waals surface area contributed by atoms with E-state index in [1.807, 2.05) is 17.8 Å². The van der Waals surface area contributed by atoms with Gasteiger partial charge in [0.25, 0.3) is 0 Å². The van der Waals surface area contributed by atoms with Crippen LogP contribution in [0.1, 0.15) is 37.7 Å². The Kier molecular flexibility index (Phi) is 4.74. The lowest BCUT2D eigenvalue weighted by Gasteiger charge is -2.22. The summed E-state index contributed by atoms with van der Waals surface area (Å²) in [4.78, 5) is 14.9. The largest absolute Gasteiger partial charge is 0.351 e. The normalized spacial score (nSPS) is 15.2. The molecule has 1 fully saturated rings. The molecule has 0 atom stereocenters. The highest BCUT2D eigenvalue weighted by Crippen LogP contribution is 2.34. The highest BCUT2D eigenvalue weighted by Gasteiger charge is 2.16. The maximum Gasteiger partial charge on any atom is 0.223 e. The van der Waals surface area contributed by atoms with E-state index in [4.69, 9.17) is 4.98 Å². The van der Waals surface area contributed by atoms with Crippen molar-refractivity contribution >= 4 is 17.3 Å². The van der Waals surface area contributed by atoms with Crippen molar-refractivity contribution in [3.05, 3.63) is 47.6 Å². The van der Waals surface area contributed by atoms with E-state index < -0.39 is 0 Å². The van der Waals surface area contributed by atoms with Crippen LogP contribution in [-0.2, 0) is 0 Å². The van der Waals surface area contributed by atoms with E-state index in [2.05, 4.69) is 46.5 Å². The third-order valence-electron chi connectivity index (χ3n) is 4.69. The molecule has 128 valence electrons. The molecule has 1 aromatic carbocycles. The van der Waals surface area contributed by atoms with Crippen molar-refractivity contribution in [3.63, 3.8) is 0 Å². The molecule has 0 amide bonds. The van der Waals surface area contributed by atoms with Gasteiger partial charge in [0, 0.05) is 17.8 Å². The van der Waals surface area contributed by atoms with Crippen molar-refractivity contribution in [2.45, 2.75) is 45.1 Å². The molecule has 2 aromatic heterocycles. The summed E-state index contributed by atoms with van der Waals surface area (Å²) in [6.07, 6.45) is 8.20. The minimum absolute atomic E-state index is 0.502. The number of rotatable bonds is 4. The van der Waals surface area contributed by atoms with Gasteiger partial charge in [-0.05, 0) is 31.9 Å². The fraction of sp³-hybridized carbons (Fsp3) is 0.350. The molecule has 4 nitrogen and oxygen atoms in total. The lowest BCUT2D eigenvalue weighted by molar-refractivity contribution is 0.461. The number of aryl methyl sites for hydroxylation is 1. The minimum atomic E-state index is 0.502. The summed E-state index contributed by atoms with van der Waals surface area (Å²) in [5.74, 6) is 0.730. The number of nitrogens with one attached hydrogen (secondary N) is 1. The van der Waals surface area contributed by atoms with Crippen molar-refractivity contribution in [2.24, 2.45) is 0 Å². The van der Waals surface area contributed by atoms with Crippen molar-refractivity contribution in [2.75, 3.05) is 5.32 Å². The number of benzene rings is 1. The maximum absolute atomic E-state index is 4.77. The van der Waals surface area contributed by atoms with Gasteiger partial charge in [-0.15, -0.1) is 11.3 Å². The Bertz CT molecular complexity index is 852. The van der Waals surface area contributed by atoms with Crippen LogP contribution in [0.2, 0.25) is 0 Å². The molecular formula is C20H22N4S. The van der Waals surface area contributed by atoms with E-state index in [-0.39, 0.29) is 0 Å². The van der Waals surface area contributed by atoms with Crippen molar-refractivity contribution in [1.29, 1.82) is 0 Å². The summed E-state index contributed by atoms with van der Waals surface area (Å²) in [7, 11) is 0. The summed E-state index contributed by atoms with van der Waals surface area (Å²) in [6, 6.07) is 10.9. The zero-order valence-corrected chi connectivity index (χ0v) is 15.2. The molecule has 0 spiro atoms. The van der Waals surface area contributed by atoms with Crippen LogP contribution in [0.4, 0.5) is 5.95 Å². The first-order valence-corrected chi connectivity index (χ1v) is 9.78. The van der Waals surface area contributed by atoms with Crippen LogP contribution in [0, 0.1) is 6.92 Å². The Morgan fingerprint density at radius 1 is 1.08 bits per heavy atom. The molecule has 2 heterocycles. The van der Waals surface area contributed by atoms with Crippen LogP contribution in [-0.4, -0.2) is 21.0 Å². The SMILES string of the molecule is Cc1cccc(-c2ncsc2-c2ccnc(NC3CCCCC3)n2)c1. The molecule has 5 heteroatoms. The molecule has 0 radical (unpaired) electrons. The second-order valence-corrected chi connectivity index (χ2v) is 7.50. The fourth-order valence-electron chi connectivity index (χ4n) is 3.41. The Balaban J connectivity index is 1.62. The van der Waals surface area contributed by atoms with Gasteiger partial charge in [-0.25, -0.2) is 15.0 Å². The summed E-state index contributed by atoms with van der Waals surface area (Å²) < 4.78 is 0. The first-order valence-electron chi connectivity index (χ1n) is 8.90. The van der Waals surface area contributed by atoms with Crippen LogP contribution in [0.25, 0.3) is 21.8 Å². The maximum atomic E-state index is 4.77. The van der Waals surface area contributed by atoms with Gasteiger partial charge in [0.05, 0.1) is 21.8 Å². The predicted molar refractivity (Wildman–Crippen MR) is 104 cm³/mol. The number of thiazole rings is 1. The molecule has 1 aliphatic carbocycles. The van der Waals surface area contributed by atoms with Gasteiger partial charge >= 0.3 is 0 Å². The number of hydrogen-bond donors (Lipinski definition) is 1. The first kappa shape index (κ1) is 16.2. The van der Waals surface area contributed by atoms with E-state index in [1.54, 1.807) is 11.3 Å². The van der Waals surface area contributed by atoms with E-state index in [0.717, 1.165) is 27.8 Å². The van der Waals surface area contributed by atoms with Crippen molar-refractivity contribution in [3.8, 4) is 21.8 Å². The van der Waals surface area contributed by atoms with E-state index in [9.17, 15) is 0 Å². The average Bonchev–Trinajstić information content (AvgIpc) is 3.13. The molecule has 1 N–H and O–H groups in total. The lowest BCUT2D eigenvalue weighted by Crippen LogP contribution is -2.23. The average molecular weight is 350 g/mol. The highest BCUT2D eigenvalue weighted by atomic mass is 32.1. The quantitative estimate of drug-likeness (QED) is 0.692. The zero-order valence-electron chi connectivity index (χ0n) is 14.4. The molecule has 1 aliphatic rings. The van der Waals surface area contributed by atoms with E-state index >= 15 is 0 Å². The number of anilines is 1. The van der Waals surface area contributed by atoms with Crippen LogP contribution in [0.5, 0.6) is 0 Å². The summed E-state index contributed by atoms with van der Waals surface area (Å²) in [6.45, 7) is 2.10. The Hall–Kier alpha value is -2.27. The van der Waals surface area contributed by atoms with Gasteiger partial charge in [0.2, 0.25) is 5.95 Å². The predicted octanol–water partition coefficient (Wildman–Crippen LogP) is 5.32. The van der Waals surface area contributed by atoms with Crippen molar-refractivity contribution < 1.29 is 0 Å². The third-order valence-corrected chi connectivity index (χ3v) is 5.53. The fourth-order valence-corrected chi connectivity index (χ4v) is 4.19. The molecule has 0 bridgehead atoms. The Labute approximate surface area is 152 Å². The topological polar surface area (TPSA) is 50.7 Å². The van der Waals surface area contributed by atoms with E-state index in [1.165, 1.54) is 37.7 Å². The van der Waals surface area contributed by atoms with Gasteiger partial charge in [-0.1, -0.05) is 43.0 Å². The second kappa shape index (κ2) is 7.31. The molecule has 4 rings (SSSR count). The molecule has 0 saturated heterocycles. The monoisotopic (exact) mass is 350 g/mol. The zero-order chi connectivity index (χ0) is 17.1. The first-order chi connectivity index (χ1) is 12.3. The Morgan fingerprint density at radius 2 is 1.96 bits per heavy atom. The summed E-state index contributed by atoms with van der Waals surface area (Å²) in [5.41, 5.74) is 6.20. The minimum Gasteiger partial charge on any atom is -0.351 e. The second-order valence-electron chi connectivity index (χ2n) is 6.64. The summed E-state index contributed by atoms with van der Waals surface area (Å²) in [5, 5.41) is 3.51. The number of hydrogen-bond acceptors (Lipinski definition) is 5. The van der Waals surface area contributed by atoms with Gasteiger partial charge < -0.3 is 5.32 Å². The molecule has 0 aliphatic heterocycles. The van der Waals surface area contributed by atoms with Crippen LogP contribution >= 0.6 is 11.3 Å². The standard InChI is InChI=1S/C20H22N4S/c1-14-6-5-7-15(12-14)18-19(25-13-22-18)17-10-11-21-20(24-17)23-16-8-3-2-4-9-16/h5-7,10-13,16H,2-4,8-9H2,1H3,(H,21,23,24). The molecule has 3 aromatic rings. The van der Waals surface area contributed by atoms with E-state index in [0.29, 0.717) is 6.04 Å². The van der Waals surface area contributed by atoms with Crippen molar-refractivity contribution in [1.82, 2.24) is 15.0 Å². The third kappa shape index (κ3) is 3.71. The molecule has 1 saturated carbocycles. The summed E-state index contributed by atoms with van der Waals surface area (Å²) >= 11 is 1.63. The Morgan fingerprint density at radius 3 is 2.80 bits per heavy atom. The van der Waals surface area contributed by atoms with Crippen LogP contribution in [0.3, 0.4) is 0 Å². The van der Waals surface area contributed by atoms with Gasteiger partial charge in [0.1, 0.15) is 0 Å². The number of aromatic nitrogens is 3. The van der Waals surface area contributed by atoms with Crippen LogP contribution < -0.4 is 5.32 Å². The van der Waals surface area contributed by atoms with Gasteiger partial charge in [-0.2, -0.15) is 0 Å². The highest BCUT2D eigenvalue weighted by molar-refractivity contribution is 7.13. The smallest absolute Gasteiger partial charge is 0.223 e. The van der Waals surface area contributed by atoms with Gasteiger partial charge in [0.15, 0.2) is 0 Å². The lowest BCUT2D eigenvalue weighted by atomic mass is 9.96.